The second-order valence-electron chi connectivity index (χ2n) is 6.31. The van der Waals surface area contributed by atoms with Crippen molar-refractivity contribution in [3.05, 3.63) is 28.2 Å². The van der Waals surface area contributed by atoms with Crippen molar-refractivity contribution >= 4 is 15.9 Å². The summed E-state index contributed by atoms with van der Waals surface area (Å²) in [6, 6.07) is 4.07. The molecule has 0 spiro atoms. The van der Waals surface area contributed by atoms with Crippen molar-refractivity contribution < 1.29 is 17.9 Å². The first kappa shape index (κ1) is 21.3. The van der Waals surface area contributed by atoms with E-state index in [1.54, 1.807) is 6.07 Å². The summed E-state index contributed by atoms with van der Waals surface area (Å²) in [4.78, 5) is 0. The van der Waals surface area contributed by atoms with Crippen LogP contribution in [0.4, 0.5) is 13.2 Å². The first-order valence-electron chi connectivity index (χ1n) is 8.88. The lowest BCUT2D eigenvalue weighted by atomic mass is 9.96. The fourth-order valence-corrected chi connectivity index (χ4v) is 3.08. The molecule has 0 radical (unpaired) electrons. The quantitative estimate of drug-likeness (QED) is 0.342. The maximum absolute atomic E-state index is 13.1. The van der Waals surface area contributed by atoms with Crippen LogP contribution in [-0.2, 0) is 6.18 Å². The Hall–Kier alpha value is -0.710. The fourth-order valence-electron chi connectivity index (χ4n) is 2.72. The van der Waals surface area contributed by atoms with Gasteiger partial charge in [-0.2, -0.15) is 13.2 Å². The summed E-state index contributed by atoms with van der Waals surface area (Å²) in [6.45, 7) is 4.66. The van der Waals surface area contributed by atoms with Crippen LogP contribution in [0.1, 0.15) is 70.8 Å². The summed E-state index contributed by atoms with van der Waals surface area (Å²) in [5.74, 6) is 0.257. The topological polar surface area (TPSA) is 9.23 Å². The Bertz CT molecular complexity index is 474. The number of ether oxygens (including phenoxy) is 1. The molecular formula is C19H28BrF3O. The molecule has 0 heterocycles. The highest BCUT2D eigenvalue weighted by Gasteiger charge is 2.34. The Labute approximate surface area is 152 Å². The molecule has 0 aliphatic rings. The highest BCUT2D eigenvalue weighted by molar-refractivity contribution is 9.10. The highest BCUT2D eigenvalue weighted by Crippen LogP contribution is 2.38. The minimum absolute atomic E-state index is 0.0687. The van der Waals surface area contributed by atoms with Gasteiger partial charge in [0, 0.05) is 4.47 Å². The van der Waals surface area contributed by atoms with Crippen molar-refractivity contribution in [2.75, 3.05) is 6.61 Å². The molecule has 1 aromatic carbocycles. The van der Waals surface area contributed by atoms with E-state index < -0.39 is 11.7 Å². The van der Waals surface area contributed by atoms with Gasteiger partial charge in [-0.05, 0) is 37.0 Å². The van der Waals surface area contributed by atoms with E-state index in [-0.39, 0.29) is 5.75 Å². The molecule has 5 heteroatoms. The number of benzene rings is 1. The van der Waals surface area contributed by atoms with Gasteiger partial charge in [-0.15, -0.1) is 0 Å². The van der Waals surface area contributed by atoms with Crippen LogP contribution in [-0.4, -0.2) is 6.61 Å². The largest absolute Gasteiger partial charge is 0.493 e. The van der Waals surface area contributed by atoms with E-state index in [1.807, 2.05) is 0 Å². The molecule has 1 rings (SSSR count). The number of halogens is 4. The third-order valence-electron chi connectivity index (χ3n) is 4.15. The van der Waals surface area contributed by atoms with Gasteiger partial charge in [0.15, 0.2) is 0 Å². The fraction of sp³-hybridized carbons (Fsp3) is 0.684. The Balaban J connectivity index is 2.68. The summed E-state index contributed by atoms with van der Waals surface area (Å²) < 4.78 is 45.4. The van der Waals surface area contributed by atoms with Crippen molar-refractivity contribution in [1.29, 1.82) is 0 Å². The normalized spacial score (nSPS) is 13.1. The molecule has 0 fully saturated rings. The van der Waals surface area contributed by atoms with Crippen LogP contribution in [0.2, 0.25) is 0 Å². The van der Waals surface area contributed by atoms with Crippen LogP contribution in [0.3, 0.4) is 0 Å². The molecule has 0 saturated heterocycles. The Morgan fingerprint density at radius 3 is 2.29 bits per heavy atom. The highest BCUT2D eigenvalue weighted by atomic mass is 79.9. The minimum Gasteiger partial charge on any atom is -0.493 e. The van der Waals surface area contributed by atoms with Crippen LogP contribution in [0, 0.1) is 5.92 Å². The first-order chi connectivity index (χ1) is 11.4. The van der Waals surface area contributed by atoms with Gasteiger partial charge < -0.3 is 4.74 Å². The summed E-state index contributed by atoms with van der Waals surface area (Å²) in [5, 5.41) is 0. The monoisotopic (exact) mass is 408 g/mol. The SMILES string of the molecule is CCCCCCC(CCCC)COc1ccc(Br)cc1C(F)(F)F. The first-order valence-corrected chi connectivity index (χ1v) is 9.67. The van der Waals surface area contributed by atoms with Crippen LogP contribution in [0.25, 0.3) is 0 Å². The molecule has 24 heavy (non-hydrogen) atoms. The van der Waals surface area contributed by atoms with E-state index in [0.29, 0.717) is 17.0 Å². The van der Waals surface area contributed by atoms with Crippen LogP contribution < -0.4 is 4.74 Å². The van der Waals surface area contributed by atoms with Gasteiger partial charge in [-0.3, -0.25) is 0 Å². The van der Waals surface area contributed by atoms with Crippen molar-refractivity contribution in [1.82, 2.24) is 0 Å². The van der Waals surface area contributed by atoms with Crippen molar-refractivity contribution in [3.63, 3.8) is 0 Å². The standard InChI is InChI=1S/C19H28BrF3O/c1-3-5-7-8-10-15(9-6-4-2)14-24-18-12-11-16(20)13-17(18)19(21,22)23/h11-13,15H,3-10,14H2,1-2H3. The van der Waals surface area contributed by atoms with Gasteiger partial charge >= 0.3 is 6.18 Å². The zero-order chi connectivity index (χ0) is 18.0. The lowest BCUT2D eigenvalue weighted by Crippen LogP contribution is -2.15. The lowest BCUT2D eigenvalue weighted by molar-refractivity contribution is -0.139. The van der Waals surface area contributed by atoms with Crippen LogP contribution in [0.5, 0.6) is 5.75 Å². The second-order valence-corrected chi connectivity index (χ2v) is 7.22. The molecule has 0 amide bonds. The molecular weight excluding hydrogens is 381 g/mol. The number of rotatable bonds is 11. The zero-order valence-corrected chi connectivity index (χ0v) is 16.2. The lowest BCUT2D eigenvalue weighted by Gasteiger charge is -2.20. The maximum Gasteiger partial charge on any atom is 0.420 e. The molecule has 0 aliphatic heterocycles. The zero-order valence-electron chi connectivity index (χ0n) is 14.6. The predicted molar refractivity (Wildman–Crippen MR) is 96.4 cm³/mol. The molecule has 0 aromatic heterocycles. The maximum atomic E-state index is 13.1. The average molecular weight is 409 g/mol. The van der Waals surface area contributed by atoms with E-state index >= 15 is 0 Å². The van der Waals surface area contributed by atoms with Gasteiger partial charge in [-0.1, -0.05) is 68.3 Å². The molecule has 0 N–H and O–H groups in total. The Morgan fingerprint density at radius 2 is 1.67 bits per heavy atom. The summed E-state index contributed by atoms with van der Waals surface area (Å²) in [6.07, 6.45) is 4.53. The van der Waals surface area contributed by atoms with Crippen molar-refractivity contribution in [3.8, 4) is 5.75 Å². The number of alkyl halides is 3. The van der Waals surface area contributed by atoms with Gasteiger partial charge in [0.2, 0.25) is 0 Å². The predicted octanol–water partition coefficient (Wildman–Crippen LogP) is 7.62. The van der Waals surface area contributed by atoms with E-state index in [2.05, 4.69) is 29.8 Å². The van der Waals surface area contributed by atoms with Crippen molar-refractivity contribution in [2.24, 2.45) is 5.92 Å². The van der Waals surface area contributed by atoms with E-state index in [4.69, 9.17) is 4.74 Å². The number of hydrogen-bond acceptors (Lipinski definition) is 1. The Kier molecular flexibility index (Phi) is 9.79. The Morgan fingerprint density at radius 1 is 1.00 bits per heavy atom. The molecule has 1 atom stereocenters. The van der Waals surface area contributed by atoms with Gasteiger partial charge in [0.1, 0.15) is 5.75 Å². The third kappa shape index (κ3) is 7.91. The summed E-state index contributed by atoms with van der Waals surface area (Å²) >= 11 is 3.10. The minimum atomic E-state index is -4.40. The van der Waals surface area contributed by atoms with Crippen LogP contribution in [0.15, 0.2) is 22.7 Å². The molecule has 1 nitrogen and oxygen atoms in total. The van der Waals surface area contributed by atoms with E-state index in [9.17, 15) is 13.2 Å². The number of unbranched alkanes of at least 4 members (excludes halogenated alkanes) is 4. The van der Waals surface area contributed by atoms with Crippen LogP contribution >= 0.6 is 15.9 Å². The van der Waals surface area contributed by atoms with Gasteiger partial charge in [0.25, 0.3) is 0 Å². The summed E-state index contributed by atoms with van der Waals surface area (Å²) in [7, 11) is 0. The third-order valence-corrected chi connectivity index (χ3v) is 4.65. The molecule has 1 aromatic rings. The molecule has 0 aliphatic carbocycles. The van der Waals surface area contributed by atoms with Gasteiger partial charge in [-0.25, -0.2) is 0 Å². The van der Waals surface area contributed by atoms with Gasteiger partial charge in [0.05, 0.1) is 12.2 Å². The van der Waals surface area contributed by atoms with Crippen molar-refractivity contribution in [2.45, 2.75) is 71.4 Å². The summed E-state index contributed by atoms with van der Waals surface area (Å²) in [5.41, 5.74) is -0.711. The van der Waals surface area contributed by atoms with E-state index in [0.717, 1.165) is 38.2 Å². The molecule has 0 bridgehead atoms. The molecule has 0 saturated carbocycles. The smallest absolute Gasteiger partial charge is 0.420 e. The number of hydrogen-bond donors (Lipinski definition) is 0. The molecule has 138 valence electrons. The second kappa shape index (κ2) is 11.0. The molecule has 1 unspecified atom stereocenters. The van der Waals surface area contributed by atoms with E-state index in [1.165, 1.54) is 25.3 Å². The average Bonchev–Trinajstić information content (AvgIpc) is 2.53.